The summed E-state index contributed by atoms with van der Waals surface area (Å²) in [5.74, 6) is -0.0481. The van der Waals surface area contributed by atoms with E-state index in [4.69, 9.17) is 4.74 Å². The largest absolute Gasteiger partial charge is 0.466 e. The van der Waals surface area contributed by atoms with Crippen LogP contribution in [0, 0.1) is 0 Å². The lowest BCUT2D eigenvalue weighted by Gasteiger charge is -2.07. The molecule has 0 radical (unpaired) electrons. The van der Waals surface area contributed by atoms with Gasteiger partial charge in [-0.25, -0.2) is 0 Å². The third kappa shape index (κ3) is 8.29. The van der Waals surface area contributed by atoms with Crippen molar-refractivity contribution in [1.29, 1.82) is 0 Å². The van der Waals surface area contributed by atoms with E-state index in [-0.39, 0.29) is 12.1 Å². The highest BCUT2D eigenvalue weighted by atomic mass is 16.5. The van der Waals surface area contributed by atoms with E-state index in [2.05, 4.69) is 0 Å². The summed E-state index contributed by atoms with van der Waals surface area (Å²) in [5.41, 5.74) is 0. The molecule has 1 rings (SSSR count). The lowest BCUT2D eigenvalue weighted by Crippen LogP contribution is -2.06. The average Bonchev–Trinajstić information content (AvgIpc) is 2.35. The molecule has 0 aromatic heterocycles. The summed E-state index contributed by atoms with van der Waals surface area (Å²) in [6, 6.07) is 0. The van der Waals surface area contributed by atoms with Gasteiger partial charge < -0.3 is 9.84 Å². The molecule has 1 heterocycles. The Balaban J connectivity index is 2.27. The molecule has 0 aromatic carbocycles. The van der Waals surface area contributed by atoms with Crippen LogP contribution in [0.15, 0.2) is 12.2 Å². The Labute approximate surface area is 110 Å². The van der Waals surface area contributed by atoms with Crippen LogP contribution in [0.5, 0.6) is 0 Å². The molecule has 1 aliphatic heterocycles. The fraction of sp³-hybridized carbons (Fsp3) is 0.800. The SMILES string of the molecule is O=C1CCCCCCC[C@H](O)/C=C/CCCCO1. The van der Waals surface area contributed by atoms with Gasteiger partial charge in [0.05, 0.1) is 12.7 Å². The molecule has 0 amide bonds. The van der Waals surface area contributed by atoms with Crippen molar-refractivity contribution in [2.45, 2.75) is 70.3 Å². The van der Waals surface area contributed by atoms with E-state index < -0.39 is 0 Å². The molecule has 0 bridgehead atoms. The smallest absolute Gasteiger partial charge is 0.305 e. The predicted octanol–water partition coefficient (Wildman–Crippen LogP) is 3.36. The number of rotatable bonds is 0. The Morgan fingerprint density at radius 3 is 2.72 bits per heavy atom. The summed E-state index contributed by atoms with van der Waals surface area (Å²) in [6.07, 6.45) is 13.3. The minimum Gasteiger partial charge on any atom is -0.466 e. The number of hydrogen-bond acceptors (Lipinski definition) is 3. The second-order valence-electron chi connectivity index (χ2n) is 5.02. The fourth-order valence-corrected chi connectivity index (χ4v) is 2.13. The number of aliphatic hydroxyl groups is 1. The maximum Gasteiger partial charge on any atom is 0.305 e. The standard InChI is InChI=1S/C15H26O3/c16-14-10-6-2-1-3-8-12-15(17)18-13-9-5-4-7-11-14/h7,11,14,16H,1-6,8-10,12-13H2/b11-7+/t14-/m0/s1. The van der Waals surface area contributed by atoms with Crippen molar-refractivity contribution in [3.8, 4) is 0 Å². The summed E-state index contributed by atoms with van der Waals surface area (Å²) in [6.45, 7) is 0.537. The van der Waals surface area contributed by atoms with Gasteiger partial charge in [0, 0.05) is 6.42 Å². The third-order valence-corrected chi connectivity index (χ3v) is 3.27. The summed E-state index contributed by atoms with van der Waals surface area (Å²) in [7, 11) is 0. The minimum atomic E-state index is -0.282. The normalized spacial score (nSPS) is 27.4. The lowest BCUT2D eigenvalue weighted by atomic mass is 10.1. The van der Waals surface area contributed by atoms with E-state index in [0.29, 0.717) is 13.0 Å². The second kappa shape index (κ2) is 10.1. The van der Waals surface area contributed by atoms with Gasteiger partial charge in [-0.2, -0.15) is 0 Å². The molecule has 1 aliphatic rings. The van der Waals surface area contributed by atoms with Crippen LogP contribution >= 0.6 is 0 Å². The van der Waals surface area contributed by atoms with E-state index >= 15 is 0 Å². The first-order chi connectivity index (χ1) is 8.79. The first kappa shape index (κ1) is 15.2. The molecule has 3 nitrogen and oxygen atoms in total. The van der Waals surface area contributed by atoms with Gasteiger partial charge in [-0.1, -0.05) is 37.8 Å². The summed E-state index contributed by atoms with van der Waals surface area (Å²) >= 11 is 0. The van der Waals surface area contributed by atoms with Crippen LogP contribution in [0.2, 0.25) is 0 Å². The number of carbonyl (C=O) groups excluding carboxylic acids is 1. The van der Waals surface area contributed by atoms with E-state index in [9.17, 15) is 9.90 Å². The highest BCUT2D eigenvalue weighted by Crippen LogP contribution is 2.11. The zero-order valence-electron chi connectivity index (χ0n) is 11.3. The van der Waals surface area contributed by atoms with Gasteiger partial charge in [0.1, 0.15) is 0 Å². The molecule has 0 aromatic rings. The van der Waals surface area contributed by atoms with E-state index in [1.165, 1.54) is 0 Å². The van der Waals surface area contributed by atoms with Crippen molar-refractivity contribution >= 4 is 5.97 Å². The fourth-order valence-electron chi connectivity index (χ4n) is 2.13. The maximum atomic E-state index is 11.3. The van der Waals surface area contributed by atoms with Gasteiger partial charge >= 0.3 is 5.97 Å². The molecule has 18 heavy (non-hydrogen) atoms. The average molecular weight is 254 g/mol. The van der Waals surface area contributed by atoms with Gasteiger partial charge in [-0.3, -0.25) is 4.79 Å². The zero-order valence-corrected chi connectivity index (χ0v) is 11.3. The van der Waals surface area contributed by atoms with Crippen LogP contribution in [-0.4, -0.2) is 23.8 Å². The van der Waals surface area contributed by atoms with Gasteiger partial charge in [-0.15, -0.1) is 0 Å². The Morgan fingerprint density at radius 1 is 1.06 bits per heavy atom. The van der Waals surface area contributed by atoms with Gasteiger partial charge in [0.25, 0.3) is 0 Å². The number of aliphatic hydroxyl groups excluding tert-OH is 1. The van der Waals surface area contributed by atoms with E-state index in [0.717, 1.165) is 57.8 Å². The first-order valence-corrected chi connectivity index (χ1v) is 7.29. The molecule has 1 N–H and O–H groups in total. The third-order valence-electron chi connectivity index (χ3n) is 3.27. The first-order valence-electron chi connectivity index (χ1n) is 7.29. The lowest BCUT2D eigenvalue weighted by molar-refractivity contribution is -0.143. The van der Waals surface area contributed by atoms with Crippen molar-refractivity contribution in [3.05, 3.63) is 12.2 Å². The van der Waals surface area contributed by atoms with E-state index in [1.807, 2.05) is 12.2 Å². The van der Waals surface area contributed by atoms with Crippen LogP contribution in [-0.2, 0) is 9.53 Å². The molecule has 0 fully saturated rings. The molecular weight excluding hydrogens is 228 g/mol. The van der Waals surface area contributed by atoms with Crippen LogP contribution in [0.1, 0.15) is 64.2 Å². The topological polar surface area (TPSA) is 46.5 Å². The van der Waals surface area contributed by atoms with Crippen molar-refractivity contribution in [2.75, 3.05) is 6.61 Å². The molecule has 1 atom stereocenters. The summed E-state index contributed by atoms with van der Waals surface area (Å²) in [5, 5.41) is 9.70. The summed E-state index contributed by atoms with van der Waals surface area (Å²) < 4.78 is 5.15. The molecule has 0 aliphatic carbocycles. The quantitative estimate of drug-likeness (QED) is 0.532. The van der Waals surface area contributed by atoms with Gasteiger partial charge in [0.2, 0.25) is 0 Å². The number of hydrogen-bond donors (Lipinski definition) is 1. The molecule has 0 spiro atoms. The molecule has 0 saturated heterocycles. The van der Waals surface area contributed by atoms with Crippen LogP contribution in [0.3, 0.4) is 0 Å². The number of ether oxygens (including phenoxy) is 1. The Bertz CT molecular complexity index is 248. The van der Waals surface area contributed by atoms with Crippen molar-refractivity contribution in [3.63, 3.8) is 0 Å². The van der Waals surface area contributed by atoms with Crippen molar-refractivity contribution in [1.82, 2.24) is 0 Å². The molecule has 3 heteroatoms. The highest BCUT2D eigenvalue weighted by molar-refractivity contribution is 5.69. The molecule has 0 unspecified atom stereocenters. The van der Waals surface area contributed by atoms with Crippen molar-refractivity contribution < 1.29 is 14.6 Å². The van der Waals surface area contributed by atoms with Gasteiger partial charge in [-0.05, 0) is 32.1 Å². The van der Waals surface area contributed by atoms with Crippen LogP contribution < -0.4 is 0 Å². The number of allylic oxidation sites excluding steroid dienone is 1. The van der Waals surface area contributed by atoms with Crippen LogP contribution in [0.25, 0.3) is 0 Å². The second-order valence-corrected chi connectivity index (χ2v) is 5.02. The molecular formula is C15H26O3. The molecule has 104 valence electrons. The summed E-state index contributed by atoms with van der Waals surface area (Å²) in [4.78, 5) is 11.3. The Hall–Kier alpha value is -0.830. The maximum absolute atomic E-state index is 11.3. The monoisotopic (exact) mass is 254 g/mol. The Morgan fingerprint density at radius 2 is 1.83 bits per heavy atom. The number of cyclic esters (lactones) is 1. The predicted molar refractivity (Wildman–Crippen MR) is 72.3 cm³/mol. The van der Waals surface area contributed by atoms with Crippen molar-refractivity contribution in [2.24, 2.45) is 0 Å². The minimum absolute atomic E-state index is 0.0481. The highest BCUT2D eigenvalue weighted by Gasteiger charge is 2.03. The number of carbonyl (C=O) groups is 1. The zero-order chi connectivity index (χ0) is 13.1. The molecule has 0 saturated carbocycles. The van der Waals surface area contributed by atoms with Gasteiger partial charge in [0.15, 0.2) is 0 Å². The Kier molecular flexibility index (Phi) is 8.57. The van der Waals surface area contributed by atoms with E-state index in [1.54, 1.807) is 0 Å². The number of esters is 1. The van der Waals surface area contributed by atoms with Crippen LogP contribution in [0.4, 0.5) is 0 Å².